The molecule has 8 heteroatoms. The zero-order valence-electron chi connectivity index (χ0n) is 16.2. The lowest BCUT2D eigenvalue weighted by atomic mass is 9.99. The van der Waals surface area contributed by atoms with E-state index in [9.17, 15) is 14.0 Å². The number of carbonyl (C=O) groups excluding carboxylic acids is 1. The highest BCUT2D eigenvalue weighted by atomic mass is 19.1. The Hall–Kier alpha value is -3.52. The molecule has 0 fully saturated rings. The van der Waals surface area contributed by atoms with Crippen LogP contribution in [0.2, 0.25) is 0 Å². The standard InChI is InChI=1S/C21H22FN5O2/c1-14-19(17-6-8-18(9-7-17)25-15(2)28)4-3-5-20(14)26-13-24-27(21(26)29)12-16(10-22)11-23/h3-10,13H,11-12,23H2,1-2H3,(H,25,28)/b16-10+. The van der Waals surface area contributed by atoms with Gasteiger partial charge in [-0.15, -0.1) is 0 Å². The summed E-state index contributed by atoms with van der Waals surface area (Å²) in [5, 5.41) is 6.81. The van der Waals surface area contributed by atoms with E-state index in [1.807, 2.05) is 49.4 Å². The molecule has 29 heavy (non-hydrogen) atoms. The van der Waals surface area contributed by atoms with Crippen LogP contribution < -0.4 is 16.7 Å². The number of nitrogens with zero attached hydrogens (tertiary/aromatic N) is 3. The van der Waals surface area contributed by atoms with Gasteiger partial charge in [0.2, 0.25) is 5.91 Å². The summed E-state index contributed by atoms with van der Waals surface area (Å²) in [7, 11) is 0. The fourth-order valence-corrected chi connectivity index (χ4v) is 3.08. The van der Waals surface area contributed by atoms with Crippen LogP contribution >= 0.6 is 0 Å². The molecule has 3 rings (SSSR count). The maximum atomic E-state index is 12.8. The lowest BCUT2D eigenvalue weighted by Gasteiger charge is -2.12. The number of hydrogen-bond acceptors (Lipinski definition) is 4. The molecule has 0 spiro atoms. The highest BCUT2D eigenvalue weighted by molar-refractivity contribution is 5.89. The average molecular weight is 395 g/mol. The monoisotopic (exact) mass is 395 g/mol. The normalized spacial score (nSPS) is 11.5. The molecule has 0 radical (unpaired) electrons. The molecule has 0 aliphatic rings. The second-order valence-electron chi connectivity index (χ2n) is 6.62. The van der Waals surface area contributed by atoms with E-state index in [0.29, 0.717) is 17.7 Å². The van der Waals surface area contributed by atoms with Crippen molar-refractivity contribution in [2.24, 2.45) is 5.73 Å². The van der Waals surface area contributed by atoms with Gasteiger partial charge < -0.3 is 11.1 Å². The second-order valence-corrected chi connectivity index (χ2v) is 6.62. The summed E-state index contributed by atoms with van der Waals surface area (Å²) in [5.41, 5.74) is 9.55. The molecule has 150 valence electrons. The topological polar surface area (TPSA) is 94.9 Å². The van der Waals surface area contributed by atoms with Gasteiger partial charge in [0.1, 0.15) is 6.33 Å². The summed E-state index contributed by atoms with van der Waals surface area (Å²) >= 11 is 0. The van der Waals surface area contributed by atoms with Crippen LogP contribution in [0.15, 0.2) is 65.5 Å². The molecule has 1 amide bonds. The van der Waals surface area contributed by atoms with Gasteiger partial charge in [0.25, 0.3) is 0 Å². The van der Waals surface area contributed by atoms with Crippen LogP contribution in [-0.2, 0) is 11.3 Å². The lowest BCUT2D eigenvalue weighted by Crippen LogP contribution is -2.26. The van der Waals surface area contributed by atoms with E-state index in [0.717, 1.165) is 16.7 Å². The van der Waals surface area contributed by atoms with Gasteiger partial charge in [-0.3, -0.25) is 4.79 Å². The largest absolute Gasteiger partial charge is 0.350 e. The minimum atomic E-state index is -0.376. The number of anilines is 1. The predicted molar refractivity (Wildman–Crippen MR) is 111 cm³/mol. The van der Waals surface area contributed by atoms with Crippen molar-refractivity contribution in [2.75, 3.05) is 11.9 Å². The van der Waals surface area contributed by atoms with E-state index >= 15 is 0 Å². The van der Waals surface area contributed by atoms with Crippen LogP contribution in [0.25, 0.3) is 16.8 Å². The number of nitrogens with one attached hydrogen (secondary N) is 1. The Labute approximate surface area is 167 Å². The van der Waals surface area contributed by atoms with Crippen LogP contribution in [0, 0.1) is 6.92 Å². The fourth-order valence-electron chi connectivity index (χ4n) is 3.08. The maximum Gasteiger partial charge on any atom is 0.350 e. The molecule has 0 aliphatic carbocycles. The van der Waals surface area contributed by atoms with Crippen molar-refractivity contribution in [1.29, 1.82) is 0 Å². The number of halogens is 1. The third-order valence-electron chi connectivity index (χ3n) is 4.58. The highest BCUT2D eigenvalue weighted by Gasteiger charge is 2.13. The van der Waals surface area contributed by atoms with Crippen molar-refractivity contribution in [1.82, 2.24) is 14.3 Å². The van der Waals surface area contributed by atoms with Crippen LogP contribution in [0.1, 0.15) is 12.5 Å². The SMILES string of the molecule is CC(=O)Nc1ccc(-c2cccc(-n3cnn(C/C(=C/F)CN)c3=O)c2C)cc1. The molecule has 0 saturated heterocycles. The first-order chi connectivity index (χ1) is 13.9. The van der Waals surface area contributed by atoms with E-state index in [2.05, 4.69) is 10.4 Å². The lowest BCUT2D eigenvalue weighted by molar-refractivity contribution is -0.114. The van der Waals surface area contributed by atoms with Gasteiger partial charge >= 0.3 is 5.69 Å². The Bertz CT molecular complexity index is 1110. The molecule has 1 aromatic heterocycles. The van der Waals surface area contributed by atoms with Gasteiger partial charge in [-0.2, -0.15) is 5.10 Å². The Balaban J connectivity index is 1.97. The third-order valence-corrected chi connectivity index (χ3v) is 4.58. The number of benzene rings is 2. The van der Waals surface area contributed by atoms with Crippen molar-refractivity contribution < 1.29 is 9.18 Å². The Morgan fingerprint density at radius 2 is 1.97 bits per heavy atom. The van der Waals surface area contributed by atoms with Crippen molar-refractivity contribution >= 4 is 11.6 Å². The molecule has 0 atom stereocenters. The number of aromatic nitrogens is 3. The summed E-state index contributed by atoms with van der Waals surface area (Å²) in [6.07, 6.45) is 1.82. The molecule has 0 unspecified atom stereocenters. The van der Waals surface area contributed by atoms with Crippen LogP contribution in [0.5, 0.6) is 0 Å². The number of nitrogens with two attached hydrogens (primary N) is 1. The Morgan fingerprint density at radius 3 is 2.59 bits per heavy atom. The minimum absolute atomic E-state index is 0.00217. The Kier molecular flexibility index (Phi) is 6.04. The third kappa shape index (κ3) is 4.33. The molecular formula is C21H22FN5O2. The molecule has 0 bridgehead atoms. The first-order valence-electron chi connectivity index (χ1n) is 9.05. The van der Waals surface area contributed by atoms with Gasteiger partial charge in [-0.25, -0.2) is 18.4 Å². The van der Waals surface area contributed by atoms with E-state index < -0.39 is 0 Å². The maximum absolute atomic E-state index is 12.8. The molecule has 1 heterocycles. The van der Waals surface area contributed by atoms with Gasteiger partial charge in [0.15, 0.2) is 0 Å². The van der Waals surface area contributed by atoms with Gasteiger partial charge in [-0.05, 0) is 47.4 Å². The number of rotatable bonds is 6. The summed E-state index contributed by atoms with van der Waals surface area (Å²) < 4.78 is 15.4. The van der Waals surface area contributed by atoms with Gasteiger partial charge in [0, 0.05) is 19.2 Å². The molecule has 2 aromatic carbocycles. The summed E-state index contributed by atoms with van der Waals surface area (Å²) in [4.78, 5) is 23.9. The predicted octanol–water partition coefficient (Wildman–Crippen LogP) is 2.78. The smallest absolute Gasteiger partial charge is 0.327 e. The molecule has 0 saturated carbocycles. The number of amides is 1. The van der Waals surface area contributed by atoms with Crippen LogP contribution in [-0.4, -0.2) is 26.8 Å². The minimum Gasteiger partial charge on any atom is -0.327 e. The van der Waals surface area contributed by atoms with Crippen LogP contribution in [0.3, 0.4) is 0 Å². The zero-order valence-corrected chi connectivity index (χ0v) is 16.2. The van der Waals surface area contributed by atoms with E-state index in [4.69, 9.17) is 5.73 Å². The van der Waals surface area contributed by atoms with E-state index in [-0.39, 0.29) is 30.3 Å². The Morgan fingerprint density at radius 1 is 1.24 bits per heavy atom. The quantitative estimate of drug-likeness (QED) is 0.671. The molecule has 0 aliphatic heterocycles. The average Bonchev–Trinajstić information content (AvgIpc) is 3.06. The molecule has 7 nitrogen and oxygen atoms in total. The second kappa shape index (κ2) is 8.66. The number of hydrogen-bond donors (Lipinski definition) is 2. The first-order valence-corrected chi connectivity index (χ1v) is 9.05. The van der Waals surface area contributed by atoms with E-state index in [1.54, 1.807) is 0 Å². The summed E-state index contributed by atoms with van der Waals surface area (Å²) in [6.45, 7) is 3.39. The van der Waals surface area contributed by atoms with Crippen molar-refractivity contribution in [3.8, 4) is 16.8 Å². The molecular weight excluding hydrogens is 373 g/mol. The molecule has 3 N–H and O–H groups in total. The first kappa shape index (κ1) is 20.2. The van der Waals surface area contributed by atoms with Gasteiger partial charge in [0.05, 0.1) is 18.6 Å². The van der Waals surface area contributed by atoms with Crippen LogP contribution in [0.4, 0.5) is 10.1 Å². The van der Waals surface area contributed by atoms with Crippen molar-refractivity contribution in [2.45, 2.75) is 20.4 Å². The van der Waals surface area contributed by atoms with Crippen molar-refractivity contribution in [3.63, 3.8) is 0 Å². The van der Waals surface area contributed by atoms with Gasteiger partial charge in [-0.1, -0.05) is 24.3 Å². The fraction of sp³-hybridized carbons (Fsp3) is 0.190. The molecule has 3 aromatic rings. The highest BCUT2D eigenvalue weighted by Crippen LogP contribution is 2.28. The zero-order chi connectivity index (χ0) is 21.0. The number of carbonyl (C=O) groups is 1. The van der Waals surface area contributed by atoms with E-state index in [1.165, 1.54) is 22.5 Å². The summed E-state index contributed by atoms with van der Waals surface area (Å²) in [6, 6.07) is 13.1. The summed E-state index contributed by atoms with van der Waals surface area (Å²) in [5.74, 6) is -0.132. The van der Waals surface area contributed by atoms with Crippen molar-refractivity contribution in [3.05, 3.63) is 76.7 Å².